The average molecular weight is 351 g/mol. The third-order valence-corrected chi connectivity index (χ3v) is 4.16. The molecule has 5 heteroatoms. The van der Waals surface area contributed by atoms with E-state index in [1.54, 1.807) is 18.4 Å². The lowest BCUT2D eigenvalue weighted by Gasteiger charge is -2.06. The van der Waals surface area contributed by atoms with Crippen LogP contribution in [-0.4, -0.2) is 18.5 Å². The zero-order valence-electron chi connectivity index (χ0n) is 14.9. The number of hydrogen-bond acceptors (Lipinski definition) is 4. The van der Waals surface area contributed by atoms with Gasteiger partial charge in [-0.2, -0.15) is 0 Å². The molecule has 5 nitrogen and oxygen atoms in total. The Morgan fingerprint density at radius 1 is 1.12 bits per heavy atom. The van der Waals surface area contributed by atoms with Crippen LogP contribution in [0.4, 0.5) is 5.69 Å². The molecule has 0 spiro atoms. The van der Waals surface area contributed by atoms with E-state index in [1.165, 1.54) is 5.56 Å². The predicted molar refractivity (Wildman–Crippen MR) is 100 cm³/mol. The fourth-order valence-electron chi connectivity index (χ4n) is 2.67. The number of furan rings is 1. The highest BCUT2D eigenvalue weighted by Crippen LogP contribution is 2.23. The van der Waals surface area contributed by atoms with Crippen LogP contribution in [0.15, 0.2) is 53.1 Å². The highest BCUT2D eigenvalue weighted by Gasteiger charge is 2.13. The van der Waals surface area contributed by atoms with Gasteiger partial charge in [-0.1, -0.05) is 36.8 Å². The monoisotopic (exact) mass is 351 g/mol. The molecule has 1 amide bonds. The molecule has 0 saturated heterocycles. The minimum atomic E-state index is -0.466. The van der Waals surface area contributed by atoms with Gasteiger partial charge < -0.3 is 14.5 Å². The quantitative estimate of drug-likeness (QED) is 0.681. The molecule has 134 valence electrons. The van der Waals surface area contributed by atoms with Crippen LogP contribution in [0.3, 0.4) is 0 Å². The number of benzene rings is 2. The summed E-state index contributed by atoms with van der Waals surface area (Å²) >= 11 is 0. The Bertz CT molecular complexity index is 925. The number of anilines is 1. The lowest BCUT2D eigenvalue weighted by Crippen LogP contribution is -2.21. The lowest BCUT2D eigenvalue weighted by atomic mass is 10.1. The van der Waals surface area contributed by atoms with Gasteiger partial charge in [0.25, 0.3) is 5.91 Å². The summed E-state index contributed by atoms with van der Waals surface area (Å²) in [5, 5.41) is 3.58. The van der Waals surface area contributed by atoms with Crippen molar-refractivity contribution < 1.29 is 18.7 Å². The summed E-state index contributed by atoms with van der Waals surface area (Å²) in [6, 6.07) is 13.3. The molecule has 0 aliphatic carbocycles. The molecular weight excluding hydrogens is 330 g/mol. The number of carbonyl (C=O) groups is 2. The number of carbonyl (C=O) groups excluding carboxylic acids is 2. The first-order valence-corrected chi connectivity index (χ1v) is 8.56. The number of fused-ring (bicyclic) bond motifs is 1. The largest absolute Gasteiger partial charge is 0.464 e. The summed E-state index contributed by atoms with van der Waals surface area (Å²) < 4.78 is 10.6. The van der Waals surface area contributed by atoms with Crippen LogP contribution in [0.5, 0.6) is 0 Å². The molecule has 0 aliphatic heterocycles. The molecule has 1 aromatic heterocycles. The van der Waals surface area contributed by atoms with Crippen LogP contribution in [0, 0.1) is 6.92 Å². The molecule has 1 N–H and O–H groups in total. The minimum absolute atomic E-state index is 0.0658. The molecule has 0 radical (unpaired) electrons. The van der Waals surface area contributed by atoms with Crippen LogP contribution < -0.4 is 5.32 Å². The zero-order valence-corrected chi connectivity index (χ0v) is 14.9. The molecule has 0 fully saturated rings. The summed E-state index contributed by atoms with van der Waals surface area (Å²) in [6.45, 7) is 3.72. The summed E-state index contributed by atoms with van der Waals surface area (Å²) in [5.41, 5.74) is 4.46. The van der Waals surface area contributed by atoms with E-state index in [-0.39, 0.29) is 18.9 Å². The van der Waals surface area contributed by atoms with Gasteiger partial charge in [0.05, 0.1) is 12.7 Å². The summed E-state index contributed by atoms with van der Waals surface area (Å²) in [4.78, 5) is 23.9. The molecule has 0 atom stereocenters. The Balaban J connectivity index is 1.54. The molecule has 1 heterocycles. The fourth-order valence-corrected chi connectivity index (χ4v) is 2.67. The zero-order chi connectivity index (χ0) is 18.5. The molecule has 3 rings (SSSR count). The Morgan fingerprint density at radius 2 is 1.88 bits per heavy atom. The van der Waals surface area contributed by atoms with Gasteiger partial charge in [0, 0.05) is 16.6 Å². The van der Waals surface area contributed by atoms with Crippen LogP contribution in [0.2, 0.25) is 0 Å². The Labute approximate surface area is 152 Å². The highest BCUT2D eigenvalue weighted by atomic mass is 16.5. The van der Waals surface area contributed by atoms with Crippen molar-refractivity contribution in [3.63, 3.8) is 0 Å². The van der Waals surface area contributed by atoms with E-state index in [4.69, 9.17) is 9.15 Å². The van der Waals surface area contributed by atoms with E-state index in [2.05, 4.69) is 12.2 Å². The van der Waals surface area contributed by atoms with Crippen molar-refractivity contribution in [3.8, 4) is 0 Å². The van der Waals surface area contributed by atoms with E-state index in [1.807, 2.05) is 37.3 Å². The topological polar surface area (TPSA) is 68.5 Å². The number of amides is 1. The normalized spacial score (nSPS) is 10.7. The molecule has 2 aromatic carbocycles. The second kappa shape index (κ2) is 7.87. The van der Waals surface area contributed by atoms with Crippen molar-refractivity contribution in [1.29, 1.82) is 0 Å². The van der Waals surface area contributed by atoms with Gasteiger partial charge in [0.2, 0.25) is 0 Å². The molecule has 0 saturated carbocycles. The van der Waals surface area contributed by atoms with Crippen LogP contribution >= 0.6 is 0 Å². The number of rotatable bonds is 6. The van der Waals surface area contributed by atoms with Gasteiger partial charge in [-0.3, -0.25) is 9.59 Å². The van der Waals surface area contributed by atoms with E-state index < -0.39 is 5.97 Å². The van der Waals surface area contributed by atoms with Crippen molar-refractivity contribution >= 4 is 28.5 Å². The van der Waals surface area contributed by atoms with Crippen molar-refractivity contribution in [3.05, 3.63) is 65.4 Å². The first-order valence-electron chi connectivity index (χ1n) is 8.56. The lowest BCUT2D eigenvalue weighted by molar-refractivity contribution is -0.146. The Morgan fingerprint density at radius 3 is 2.62 bits per heavy atom. The van der Waals surface area contributed by atoms with Gasteiger partial charge in [-0.05, 0) is 37.1 Å². The minimum Gasteiger partial charge on any atom is -0.464 e. The standard InChI is InChI=1S/C21H21NO4/c1-3-15-6-9-18-16(12-25-19(18)10-15)11-21(24)26-13-20(23)22-17-7-4-14(2)5-8-17/h4-10,12H,3,11,13H2,1-2H3,(H,22,23). The number of aryl methyl sites for hydroxylation is 2. The van der Waals surface area contributed by atoms with Gasteiger partial charge >= 0.3 is 5.97 Å². The maximum absolute atomic E-state index is 12.0. The third-order valence-electron chi connectivity index (χ3n) is 4.16. The first-order chi connectivity index (χ1) is 12.5. The van der Waals surface area contributed by atoms with E-state index in [0.717, 1.165) is 28.5 Å². The number of hydrogen-bond donors (Lipinski definition) is 1. The Kier molecular flexibility index (Phi) is 5.37. The predicted octanol–water partition coefficient (Wildman–Crippen LogP) is 4.03. The maximum Gasteiger partial charge on any atom is 0.310 e. The van der Waals surface area contributed by atoms with Gasteiger partial charge in [-0.15, -0.1) is 0 Å². The number of ether oxygens (including phenoxy) is 1. The highest BCUT2D eigenvalue weighted by molar-refractivity contribution is 5.93. The summed E-state index contributed by atoms with van der Waals surface area (Å²) in [6.07, 6.45) is 2.55. The van der Waals surface area contributed by atoms with E-state index in [9.17, 15) is 9.59 Å². The third kappa shape index (κ3) is 4.30. The van der Waals surface area contributed by atoms with Crippen LogP contribution in [0.1, 0.15) is 23.6 Å². The van der Waals surface area contributed by atoms with Crippen molar-refractivity contribution in [1.82, 2.24) is 0 Å². The first kappa shape index (κ1) is 17.7. The average Bonchev–Trinajstić information content (AvgIpc) is 3.04. The van der Waals surface area contributed by atoms with E-state index in [0.29, 0.717) is 5.69 Å². The summed E-state index contributed by atoms with van der Waals surface area (Å²) in [7, 11) is 0. The summed E-state index contributed by atoms with van der Waals surface area (Å²) in [5.74, 6) is -0.835. The molecular formula is C21H21NO4. The van der Waals surface area contributed by atoms with Crippen molar-refractivity contribution in [2.24, 2.45) is 0 Å². The fraction of sp³-hybridized carbons (Fsp3) is 0.238. The van der Waals surface area contributed by atoms with Crippen molar-refractivity contribution in [2.75, 3.05) is 11.9 Å². The molecule has 26 heavy (non-hydrogen) atoms. The van der Waals surface area contributed by atoms with Crippen LogP contribution in [-0.2, 0) is 27.2 Å². The smallest absolute Gasteiger partial charge is 0.310 e. The van der Waals surface area contributed by atoms with E-state index >= 15 is 0 Å². The number of nitrogens with one attached hydrogen (secondary N) is 1. The SMILES string of the molecule is CCc1ccc2c(CC(=O)OCC(=O)Nc3ccc(C)cc3)coc2c1. The van der Waals surface area contributed by atoms with Gasteiger partial charge in [-0.25, -0.2) is 0 Å². The molecule has 0 bridgehead atoms. The second-order valence-corrected chi connectivity index (χ2v) is 6.20. The molecule has 3 aromatic rings. The van der Waals surface area contributed by atoms with Gasteiger partial charge in [0.15, 0.2) is 6.61 Å². The maximum atomic E-state index is 12.0. The molecule has 0 aliphatic rings. The van der Waals surface area contributed by atoms with Crippen molar-refractivity contribution in [2.45, 2.75) is 26.7 Å². The number of esters is 1. The second-order valence-electron chi connectivity index (χ2n) is 6.20. The Hall–Kier alpha value is -3.08. The molecule has 0 unspecified atom stereocenters. The van der Waals surface area contributed by atoms with Gasteiger partial charge in [0.1, 0.15) is 5.58 Å². The van der Waals surface area contributed by atoms with Crippen LogP contribution in [0.25, 0.3) is 11.0 Å².